The monoisotopic (exact) mass is 212 g/mol. The first-order valence-electron chi connectivity index (χ1n) is 5.91. The zero-order valence-corrected chi connectivity index (χ0v) is 10.3. The number of hydrogen-bond acceptors (Lipinski definition) is 2. The van der Waals surface area contributed by atoms with Gasteiger partial charge in [-0.15, -0.1) is 0 Å². The van der Waals surface area contributed by atoms with Crippen LogP contribution >= 0.6 is 0 Å². The average Bonchev–Trinajstić information content (AvgIpc) is 2.05. The van der Waals surface area contributed by atoms with Crippen molar-refractivity contribution in [3.05, 3.63) is 0 Å². The minimum Gasteiger partial charge on any atom is -0.345 e. The molecule has 0 aromatic carbocycles. The molecule has 0 atom stereocenters. The molecule has 0 saturated heterocycles. The fourth-order valence-corrected chi connectivity index (χ4v) is 1.78. The fraction of sp³-hybridized carbons (Fsp3) is 0.917. The molecule has 0 heterocycles. The fourth-order valence-electron chi connectivity index (χ4n) is 1.78. The third-order valence-corrected chi connectivity index (χ3v) is 3.17. The lowest BCUT2D eigenvalue weighted by atomic mass is 9.85. The van der Waals surface area contributed by atoms with Crippen molar-refractivity contribution in [2.24, 2.45) is 11.7 Å². The minimum atomic E-state index is -0.229. The van der Waals surface area contributed by atoms with Crippen molar-refractivity contribution in [1.29, 1.82) is 0 Å². The molecule has 1 saturated carbocycles. The van der Waals surface area contributed by atoms with E-state index in [0.29, 0.717) is 6.42 Å². The molecule has 1 rings (SSSR count). The number of hydrogen-bond donors (Lipinski definition) is 1. The van der Waals surface area contributed by atoms with E-state index >= 15 is 0 Å². The van der Waals surface area contributed by atoms with Gasteiger partial charge in [0.2, 0.25) is 5.91 Å². The third-order valence-electron chi connectivity index (χ3n) is 3.17. The second kappa shape index (κ2) is 4.97. The van der Waals surface area contributed by atoms with Gasteiger partial charge in [0.15, 0.2) is 0 Å². The highest BCUT2D eigenvalue weighted by Gasteiger charge is 2.22. The van der Waals surface area contributed by atoms with Crippen LogP contribution in [0, 0.1) is 5.92 Å². The third kappa shape index (κ3) is 4.65. The topological polar surface area (TPSA) is 46.3 Å². The van der Waals surface area contributed by atoms with Gasteiger partial charge in [0.05, 0.1) is 0 Å². The summed E-state index contributed by atoms with van der Waals surface area (Å²) in [5.41, 5.74) is 5.62. The molecule has 1 aliphatic carbocycles. The molecule has 0 unspecified atom stereocenters. The summed E-state index contributed by atoms with van der Waals surface area (Å²) in [4.78, 5) is 13.6. The lowest BCUT2D eigenvalue weighted by Gasteiger charge is -2.30. The van der Waals surface area contributed by atoms with Gasteiger partial charge in [0.25, 0.3) is 0 Å². The van der Waals surface area contributed by atoms with E-state index in [4.69, 9.17) is 5.73 Å². The van der Waals surface area contributed by atoms with Crippen LogP contribution in [-0.4, -0.2) is 29.9 Å². The van der Waals surface area contributed by atoms with Crippen molar-refractivity contribution < 1.29 is 4.79 Å². The van der Waals surface area contributed by atoms with E-state index in [-0.39, 0.29) is 11.4 Å². The van der Waals surface area contributed by atoms with Gasteiger partial charge < -0.3 is 10.6 Å². The first kappa shape index (κ1) is 12.5. The van der Waals surface area contributed by atoms with Crippen molar-refractivity contribution in [3.8, 4) is 0 Å². The van der Waals surface area contributed by atoms with E-state index in [0.717, 1.165) is 18.9 Å². The van der Waals surface area contributed by atoms with Crippen LogP contribution < -0.4 is 5.73 Å². The minimum absolute atomic E-state index is 0.229. The van der Waals surface area contributed by atoms with E-state index in [1.54, 1.807) is 0 Å². The largest absolute Gasteiger partial charge is 0.345 e. The molecule has 0 aromatic rings. The molecular weight excluding hydrogens is 188 g/mol. The van der Waals surface area contributed by atoms with Crippen molar-refractivity contribution in [2.45, 2.75) is 51.5 Å². The van der Waals surface area contributed by atoms with E-state index in [1.807, 2.05) is 25.8 Å². The predicted octanol–water partition coefficient (Wildman–Crippen LogP) is 1.76. The lowest BCUT2D eigenvalue weighted by molar-refractivity contribution is -0.131. The van der Waals surface area contributed by atoms with Crippen LogP contribution in [0.2, 0.25) is 0 Å². The highest BCUT2D eigenvalue weighted by molar-refractivity contribution is 5.75. The highest BCUT2D eigenvalue weighted by Crippen LogP contribution is 2.26. The van der Waals surface area contributed by atoms with Gasteiger partial charge >= 0.3 is 0 Å². The zero-order chi connectivity index (χ0) is 11.5. The number of carbonyl (C=O) groups excluding carboxylic acids is 1. The molecule has 3 heteroatoms. The maximum Gasteiger partial charge on any atom is 0.222 e. The zero-order valence-electron chi connectivity index (χ0n) is 10.3. The molecule has 0 bridgehead atoms. The molecule has 3 nitrogen and oxygen atoms in total. The Morgan fingerprint density at radius 2 is 2.07 bits per heavy atom. The maximum atomic E-state index is 11.7. The normalized spacial score (nSPS) is 17.3. The summed E-state index contributed by atoms with van der Waals surface area (Å²) in [5.74, 6) is 0.991. The molecule has 0 aliphatic heterocycles. The standard InChI is InChI=1S/C12H24N2O/c1-12(2,13)8-7-11(15)14(3)9-10-5-4-6-10/h10H,4-9,13H2,1-3H3. The predicted molar refractivity (Wildman–Crippen MR) is 62.5 cm³/mol. The van der Waals surface area contributed by atoms with Gasteiger partial charge in [0, 0.05) is 25.6 Å². The molecule has 2 N–H and O–H groups in total. The Labute approximate surface area is 93.0 Å². The summed E-state index contributed by atoms with van der Waals surface area (Å²) in [5, 5.41) is 0. The van der Waals surface area contributed by atoms with Gasteiger partial charge in [-0.1, -0.05) is 6.42 Å². The smallest absolute Gasteiger partial charge is 0.222 e. The van der Waals surface area contributed by atoms with Crippen molar-refractivity contribution in [3.63, 3.8) is 0 Å². The molecule has 0 spiro atoms. The first-order valence-corrected chi connectivity index (χ1v) is 5.91. The number of rotatable bonds is 5. The molecular formula is C12H24N2O. The highest BCUT2D eigenvalue weighted by atomic mass is 16.2. The van der Waals surface area contributed by atoms with Crippen LogP contribution in [0.4, 0.5) is 0 Å². The van der Waals surface area contributed by atoms with Gasteiger partial charge in [-0.05, 0) is 39.0 Å². The Kier molecular flexibility index (Phi) is 4.14. The number of nitrogens with two attached hydrogens (primary N) is 1. The molecule has 15 heavy (non-hydrogen) atoms. The number of carbonyl (C=O) groups is 1. The summed E-state index contributed by atoms with van der Waals surface area (Å²) >= 11 is 0. The van der Waals surface area contributed by atoms with E-state index in [2.05, 4.69) is 0 Å². The Morgan fingerprint density at radius 3 is 2.47 bits per heavy atom. The molecule has 88 valence electrons. The van der Waals surface area contributed by atoms with Crippen LogP contribution in [0.3, 0.4) is 0 Å². The van der Waals surface area contributed by atoms with Gasteiger partial charge in [-0.3, -0.25) is 4.79 Å². The molecule has 0 radical (unpaired) electrons. The van der Waals surface area contributed by atoms with Crippen LogP contribution in [0.1, 0.15) is 46.0 Å². The summed E-state index contributed by atoms with van der Waals surface area (Å²) in [7, 11) is 1.91. The Bertz CT molecular complexity index is 216. The van der Waals surface area contributed by atoms with Crippen molar-refractivity contribution in [1.82, 2.24) is 4.90 Å². The summed E-state index contributed by atoms with van der Waals surface area (Å²) in [6.07, 6.45) is 5.26. The van der Waals surface area contributed by atoms with E-state index in [9.17, 15) is 4.79 Å². The van der Waals surface area contributed by atoms with Gasteiger partial charge in [-0.2, -0.15) is 0 Å². The Hall–Kier alpha value is -0.570. The Balaban J connectivity index is 2.20. The molecule has 1 fully saturated rings. The van der Waals surface area contributed by atoms with Crippen molar-refractivity contribution in [2.75, 3.05) is 13.6 Å². The maximum absolute atomic E-state index is 11.7. The number of amides is 1. The van der Waals surface area contributed by atoms with E-state index in [1.165, 1.54) is 19.3 Å². The molecule has 0 aromatic heterocycles. The van der Waals surface area contributed by atoms with Crippen LogP contribution in [0.25, 0.3) is 0 Å². The number of nitrogens with zero attached hydrogens (tertiary/aromatic N) is 1. The summed E-state index contributed by atoms with van der Waals surface area (Å²) in [6.45, 7) is 4.86. The van der Waals surface area contributed by atoms with Crippen LogP contribution in [0.15, 0.2) is 0 Å². The Morgan fingerprint density at radius 1 is 1.47 bits per heavy atom. The second-order valence-corrected chi connectivity index (χ2v) is 5.56. The average molecular weight is 212 g/mol. The SMILES string of the molecule is CN(CC1CCC1)C(=O)CCC(C)(C)N. The van der Waals surface area contributed by atoms with Gasteiger partial charge in [-0.25, -0.2) is 0 Å². The molecule has 1 amide bonds. The molecule has 1 aliphatic rings. The van der Waals surface area contributed by atoms with Crippen LogP contribution in [-0.2, 0) is 4.79 Å². The van der Waals surface area contributed by atoms with E-state index < -0.39 is 0 Å². The summed E-state index contributed by atoms with van der Waals surface area (Å²) < 4.78 is 0. The first-order chi connectivity index (χ1) is 6.88. The lowest BCUT2D eigenvalue weighted by Crippen LogP contribution is -2.37. The summed E-state index contributed by atoms with van der Waals surface area (Å²) in [6, 6.07) is 0. The second-order valence-electron chi connectivity index (χ2n) is 5.56. The van der Waals surface area contributed by atoms with Gasteiger partial charge in [0.1, 0.15) is 0 Å². The van der Waals surface area contributed by atoms with Crippen molar-refractivity contribution >= 4 is 5.91 Å². The van der Waals surface area contributed by atoms with Crippen LogP contribution in [0.5, 0.6) is 0 Å². The quantitative estimate of drug-likeness (QED) is 0.755.